The van der Waals surface area contributed by atoms with Crippen LogP contribution in [0.1, 0.15) is 24.2 Å². The first kappa shape index (κ1) is 12.1. The van der Waals surface area contributed by atoms with Gasteiger partial charge >= 0.3 is 5.97 Å². The van der Waals surface area contributed by atoms with Gasteiger partial charge in [0.2, 0.25) is 11.9 Å². The zero-order chi connectivity index (χ0) is 12.1. The van der Waals surface area contributed by atoms with Crippen LogP contribution in [0.2, 0.25) is 0 Å². The molecule has 1 rings (SSSR count). The fourth-order valence-electron chi connectivity index (χ4n) is 1.24. The molecule has 4 heteroatoms. The van der Waals surface area contributed by atoms with Crippen LogP contribution in [0.15, 0.2) is 30.3 Å². The number of carbonyl (C=O) groups excluding carboxylic acids is 3. The Labute approximate surface area is 93.2 Å². The Morgan fingerprint density at radius 2 is 1.62 bits per heavy atom. The predicted octanol–water partition coefficient (Wildman–Crippen LogP) is 1.39. The first-order chi connectivity index (χ1) is 7.52. The molecule has 1 unspecified atom stereocenters. The van der Waals surface area contributed by atoms with E-state index in [1.807, 2.05) is 0 Å². The van der Waals surface area contributed by atoms with Crippen molar-refractivity contribution in [2.45, 2.75) is 20.0 Å². The lowest BCUT2D eigenvalue weighted by atomic mass is 10.0. The molecule has 84 valence electrons. The van der Waals surface area contributed by atoms with Crippen LogP contribution >= 0.6 is 0 Å². The molecule has 1 aromatic rings. The summed E-state index contributed by atoms with van der Waals surface area (Å²) in [5, 5.41) is 0. The number of carbonyl (C=O) groups is 3. The Morgan fingerprint density at radius 1 is 1.06 bits per heavy atom. The number of hydrogen-bond donors (Lipinski definition) is 0. The Balaban J connectivity index is 2.92. The Kier molecular flexibility index (Phi) is 3.94. The Morgan fingerprint density at radius 3 is 2.06 bits per heavy atom. The van der Waals surface area contributed by atoms with Gasteiger partial charge in [-0.2, -0.15) is 0 Å². The summed E-state index contributed by atoms with van der Waals surface area (Å²) < 4.78 is 4.69. The van der Waals surface area contributed by atoms with Crippen LogP contribution in [0, 0.1) is 0 Å². The summed E-state index contributed by atoms with van der Waals surface area (Å²) in [6.45, 7) is 2.38. The van der Waals surface area contributed by atoms with E-state index in [9.17, 15) is 14.4 Å². The highest BCUT2D eigenvalue weighted by atomic mass is 16.5. The lowest BCUT2D eigenvalue weighted by molar-refractivity contribution is -0.149. The van der Waals surface area contributed by atoms with Crippen LogP contribution in [0.4, 0.5) is 0 Å². The number of ketones is 2. The molecular weight excluding hydrogens is 208 g/mol. The fraction of sp³-hybridized carbons (Fsp3) is 0.250. The van der Waals surface area contributed by atoms with E-state index in [0.717, 1.165) is 6.92 Å². The zero-order valence-corrected chi connectivity index (χ0v) is 9.10. The van der Waals surface area contributed by atoms with Crippen molar-refractivity contribution >= 4 is 17.5 Å². The van der Waals surface area contributed by atoms with Gasteiger partial charge in [-0.05, 0) is 6.92 Å². The quantitative estimate of drug-likeness (QED) is 0.437. The third-order valence-corrected chi connectivity index (χ3v) is 1.95. The van der Waals surface area contributed by atoms with Crippen LogP contribution in [0.3, 0.4) is 0 Å². The molecular formula is C12H12O4. The summed E-state index contributed by atoms with van der Waals surface area (Å²) in [4.78, 5) is 33.8. The van der Waals surface area contributed by atoms with Gasteiger partial charge in [-0.25, -0.2) is 0 Å². The number of hydrogen-bond acceptors (Lipinski definition) is 4. The average molecular weight is 220 g/mol. The summed E-state index contributed by atoms with van der Waals surface area (Å²) in [6, 6.07) is 8.26. The van der Waals surface area contributed by atoms with E-state index in [-0.39, 0.29) is 0 Å². The van der Waals surface area contributed by atoms with Gasteiger partial charge in [0.1, 0.15) is 0 Å². The van der Waals surface area contributed by atoms with E-state index in [1.54, 1.807) is 30.3 Å². The molecule has 0 saturated carbocycles. The van der Waals surface area contributed by atoms with Gasteiger partial charge < -0.3 is 4.74 Å². The maximum absolute atomic E-state index is 11.8. The molecule has 0 fully saturated rings. The minimum atomic E-state index is -1.33. The molecule has 4 nitrogen and oxygen atoms in total. The topological polar surface area (TPSA) is 60.4 Å². The van der Waals surface area contributed by atoms with Crippen molar-refractivity contribution in [2.24, 2.45) is 0 Å². The van der Waals surface area contributed by atoms with Crippen LogP contribution < -0.4 is 0 Å². The lowest BCUT2D eigenvalue weighted by Crippen LogP contribution is -2.33. The first-order valence-electron chi connectivity index (χ1n) is 4.79. The highest BCUT2D eigenvalue weighted by Gasteiger charge is 2.27. The predicted molar refractivity (Wildman–Crippen MR) is 57.0 cm³/mol. The number of esters is 1. The van der Waals surface area contributed by atoms with E-state index in [0.29, 0.717) is 5.56 Å². The van der Waals surface area contributed by atoms with Crippen molar-refractivity contribution in [3.63, 3.8) is 0 Å². The monoisotopic (exact) mass is 220 g/mol. The molecule has 0 amide bonds. The molecule has 0 radical (unpaired) electrons. The second-order valence-electron chi connectivity index (χ2n) is 3.33. The Bertz CT molecular complexity index is 408. The molecule has 0 aromatic heterocycles. The highest BCUT2D eigenvalue weighted by Crippen LogP contribution is 2.07. The highest BCUT2D eigenvalue weighted by molar-refractivity contribution is 6.13. The molecule has 0 saturated heterocycles. The van der Waals surface area contributed by atoms with Gasteiger partial charge in [0.15, 0.2) is 5.78 Å². The fourth-order valence-corrected chi connectivity index (χ4v) is 1.24. The first-order valence-corrected chi connectivity index (χ1v) is 4.79. The van der Waals surface area contributed by atoms with Crippen molar-refractivity contribution in [3.05, 3.63) is 35.9 Å². The van der Waals surface area contributed by atoms with E-state index in [2.05, 4.69) is 4.74 Å². The zero-order valence-electron chi connectivity index (χ0n) is 9.10. The summed E-state index contributed by atoms with van der Waals surface area (Å²) in [6.07, 6.45) is -1.33. The van der Waals surface area contributed by atoms with Crippen LogP contribution in [-0.4, -0.2) is 23.6 Å². The largest absolute Gasteiger partial charge is 0.446 e. The molecule has 0 heterocycles. The maximum atomic E-state index is 11.8. The van der Waals surface area contributed by atoms with Crippen molar-refractivity contribution in [1.82, 2.24) is 0 Å². The van der Waals surface area contributed by atoms with Crippen molar-refractivity contribution in [2.75, 3.05) is 0 Å². The van der Waals surface area contributed by atoms with E-state index < -0.39 is 23.6 Å². The molecule has 0 aliphatic heterocycles. The molecule has 0 spiro atoms. The minimum absolute atomic E-state index is 0.351. The molecule has 0 aliphatic rings. The molecule has 0 aliphatic carbocycles. The normalized spacial score (nSPS) is 11.6. The Hall–Kier alpha value is -1.97. The maximum Gasteiger partial charge on any atom is 0.303 e. The molecule has 1 atom stereocenters. The average Bonchev–Trinajstić information content (AvgIpc) is 2.25. The van der Waals surface area contributed by atoms with Crippen molar-refractivity contribution in [3.8, 4) is 0 Å². The van der Waals surface area contributed by atoms with Gasteiger partial charge in [-0.15, -0.1) is 0 Å². The van der Waals surface area contributed by atoms with E-state index >= 15 is 0 Å². The summed E-state index contributed by atoms with van der Waals surface area (Å²) >= 11 is 0. The molecule has 16 heavy (non-hydrogen) atoms. The minimum Gasteiger partial charge on any atom is -0.446 e. The summed E-state index contributed by atoms with van der Waals surface area (Å²) in [5.41, 5.74) is 0.351. The molecule has 0 N–H and O–H groups in total. The molecule has 1 aromatic carbocycles. The number of Topliss-reactive ketones (excluding diaryl/α,β-unsaturated/α-hetero) is 2. The SMILES string of the molecule is CC(=O)OC(C(C)=O)C(=O)c1ccccc1. The summed E-state index contributed by atoms with van der Waals surface area (Å²) in [7, 11) is 0. The van der Waals surface area contributed by atoms with Crippen molar-refractivity contribution < 1.29 is 19.1 Å². The molecule has 0 bridgehead atoms. The smallest absolute Gasteiger partial charge is 0.303 e. The summed E-state index contributed by atoms with van der Waals surface area (Å²) in [5.74, 6) is -1.63. The number of benzene rings is 1. The van der Waals surface area contributed by atoms with Gasteiger partial charge in [0, 0.05) is 12.5 Å². The third-order valence-electron chi connectivity index (χ3n) is 1.95. The lowest BCUT2D eigenvalue weighted by Gasteiger charge is -2.12. The van der Waals surface area contributed by atoms with Crippen LogP contribution in [0.25, 0.3) is 0 Å². The van der Waals surface area contributed by atoms with Gasteiger partial charge in [-0.1, -0.05) is 30.3 Å². The standard InChI is InChI=1S/C12H12O4/c1-8(13)12(16-9(2)14)11(15)10-6-4-3-5-7-10/h3-7,12H,1-2H3. The van der Waals surface area contributed by atoms with Gasteiger partial charge in [0.25, 0.3) is 0 Å². The second kappa shape index (κ2) is 5.21. The number of rotatable bonds is 4. The number of ether oxygens (including phenoxy) is 1. The van der Waals surface area contributed by atoms with E-state index in [1.165, 1.54) is 6.92 Å². The second-order valence-corrected chi connectivity index (χ2v) is 3.33. The van der Waals surface area contributed by atoms with Gasteiger partial charge in [0.05, 0.1) is 0 Å². The van der Waals surface area contributed by atoms with Gasteiger partial charge in [-0.3, -0.25) is 14.4 Å². The van der Waals surface area contributed by atoms with Crippen LogP contribution in [-0.2, 0) is 14.3 Å². The van der Waals surface area contributed by atoms with Crippen molar-refractivity contribution in [1.29, 1.82) is 0 Å². The van der Waals surface area contributed by atoms with E-state index in [4.69, 9.17) is 0 Å². The third kappa shape index (κ3) is 3.02. The van der Waals surface area contributed by atoms with Crippen LogP contribution in [0.5, 0.6) is 0 Å².